The van der Waals surface area contributed by atoms with Crippen molar-refractivity contribution in [1.82, 2.24) is 9.78 Å². The van der Waals surface area contributed by atoms with Gasteiger partial charge < -0.3 is 9.64 Å². The first kappa shape index (κ1) is 29.6. The van der Waals surface area contributed by atoms with Crippen LogP contribution in [0.25, 0.3) is 0 Å². The number of nitrogens with zero attached hydrogens (tertiary/aromatic N) is 4. The molecule has 0 amide bonds. The second-order valence-electron chi connectivity index (χ2n) is 11.9. The largest absolute Gasteiger partial charge is 0.458 e. The number of ether oxygens (including phenoxy) is 1. The molecule has 2 unspecified atom stereocenters. The maximum atomic E-state index is 14.9. The number of nitriles is 1. The van der Waals surface area contributed by atoms with Gasteiger partial charge in [-0.2, -0.15) is 10.4 Å². The van der Waals surface area contributed by atoms with Crippen LogP contribution in [0, 0.1) is 29.0 Å². The summed E-state index contributed by atoms with van der Waals surface area (Å²) in [4.78, 5) is 28.7. The second-order valence-corrected chi connectivity index (χ2v) is 11.9. The molecule has 2 aliphatic rings. The lowest BCUT2D eigenvalue weighted by molar-refractivity contribution is -0.185. The van der Waals surface area contributed by atoms with Gasteiger partial charge >= 0.3 is 5.97 Å². The minimum Gasteiger partial charge on any atom is -0.458 e. The van der Waals surface area contributed by atoms with Gasteiger partial charge in [-0.3, -0.25) is 14.3 Å². The molecule has 0 spiro atoms. The Morgan fingerprint density at radius 2 is 1.93 bits per heavy atom. The smallest absolute Gasteiger partial charge is 0.317 e. The summed E-state index contributed by atoms with van der Waals surface area (Å²) >= 11 is 0. The highest BCUT2D eigenvalue weighted by molar-refractivity contribution is 6.02. The van der Waals surface area contributed by atoms with E-state index in [4.69, 9.17) is 4.74 Å². The summed E-state index contributed by atoms with van der Waals surface area (Å²) < 4.78 is 50.0. The fourth-order valence-corrected chi connectivity index (χ4v) is 6.43. The third kappa shape index (κ3) is 5.61. The number of esters is 1. The summed E-state index contributed by atoms with van der Waals surface area (Å²) in [6.07, 6.45) is 1.23. The molecule has 2 aromatic rings. The van der Waals surface area contributed by atoms with Crippen LogP contribution in [0.5, 0.6) is 0 Å². The standard InChI is InChI=1S/C30H37F3N4O3/c1-29(2,17-34)22-11-10-18(14-23(22)31)12-13-30(19-8-6-7-9-19)16-24(38)20(28(39)40-30)15-21-25(26(32)33)35-37(5)27(21)36(3)4/h10-11,14,19-20,26H,6-9,12-13,15-16H2,1-5H3. The molecule has 0 N–H and O–H groups in total. The number of carbonyl (C=O) groups is 2. The van der Waals surface area contributed by atoms with Crippen LogP contribution in [0.4, 0.5) is 19.0 Å². The van der Waals surface area contributed by atoms with Crippen LogP contribution in [-0.4, -0.2) is 41.2 Å². The van der Waals surface area contributed by atoms with Crippen LogP contribution < -0.4 is 4.90 Å². The molecule has 1 aromatic carbocycles. The summed E-state index contributed by atoms with van der Waals surface area (Å²) in [5.41, 5.74) is -1.27. The highest BCUT2D eigenvalue weighted by atomic mass is 19.3. The van der Waals surface area contributed by atoms with E-state index in [-0.39, 0.29) is 30.1 Å². The maximum Gasteiger partial charge on any atom is 0.317 e. The van der Waals surface area contributed by atoms with E-state index in [1.807, 2.05) is 0 Å². The number of rotatable bonds is 9. The molecule has 1 saturated carbocycles. The number of hydrogen-bond acceptors (Lipinski definition) is 6. The number of ketones is 1. The van der Waals surface area contributed by atoms with Gasteiger partial charge in [-0.15, -0.1) is 0 Å². The van der Waals surface area contributed by atoms with Gasteiger partial charge in [0.2, 0.25) is 0 Å². The molecule has 10 heteroatoms. The summed E-state index contributed by atoms with van der Waals surface area (Å²) in [7, 11) is 4.94. The van der Waals surface area contributed by atoms with Crippen molar-refractivity contribution in [3.63, 3.8) is 0 Å². The lowest BCUT2D eigenvalue weighted by atomic mass is 9.73. The zero-order valence-electron chi connectivity index (χ0n) is 23.8. The molecule has 1 aromatic heterocycles. The summed E-state index contributed by atoms with van der Waals surface area (Å²) in [6.45, 7) is 3.31. The first-order chi connectivity index (χ1) is 18.8. The number of anilines is 1. The van der Waals surface area contributed by atoms with Crippen molar-refractivity contribution < 1.29 is 27.5 Å². The Bertz CT molecular complexity index is 1300. The maximum absolute atomic E-state index is 14.9. The molecule has 2 fully saturated rings. The van der Waals surface area contributed by atoms with Crippen molar-refractivity contribution in [2.45, 2.75) is 82.7 Å². The number of benzene rings is 1. The van der Waals surface area contributed by atoms with Gasteiger partial charge in [0.25, 0.3) is 6.43 Å². The number of halogens is 3. The van der Waals surface area contributed by atoms with E-state index in [0.717, 1.165) is 25.7 Å². The van der Waals surface area contributed by atoms with Crippen molar-refractivity contribution in [3.05, 3.63) is 46.4 Å². The minimum absolute atomic E-state index is 0.00231. The quantitative estimate of drug-likeness (QED) is 0.294. The monoisotopic (exact) mass is 558 g/mol. The molecule has 0 radical (unpaired) electrons. The SMILES string of the molecule is CN(C)c1c(CC2C(=O)CC(CCc3ccc(C(C)(C)C#N)c(F)c3)(C3CCCC3)OC2=O)c(C(F)F)nn1C. The van der Waals surface area contributed by atoms with E-state index >= 15 is 0 Å². The van der Waals surface area contributed by atoms with Gasteiger partial charge in [0.15, 0.2) is 5.78 Å². The molecule has 7 nitrogen and oxygen atoms in total. The molecular formula is C30H37F3N4O3. The molecule has 1 aliphatic heterocycles. The Labute approximate surface area is 233 Å². The molecule has 40 heavy (non-hydrogen) atoms. The molecule has 216 valence electrons. The summed E-state index contributed by atoms with van der Waals surface area (Å²) in [5, 5.41) is 13.3. The highest BCUT2D eigenvalue weighted by Crippen LogP contribution is 2.46. The first-order valence-electron chi connectivity index (χ1n) is 13.8. The van der Waals surface area contributed by atoms with Gasteiger partial charge in [0.05, 0.1) is 11.5 Å². The number of Topliss-reactive ketones (excluding diaryl/α,β-unsaturated/α-hetero) is 1. The van der Waals surface area contributed by atoms with Gasteiger partial charge in [0.1, 0.15) is 28.8 Å². The topological polar surface area (TPSA) is 88.2 Å². The van der Waals surface area contributed by atoms with Crippen LogP contribution in [0.1, 0.15) is 81.2 Å². The Hall–Kier alpha value is -3.35. The van der Waals surface area contributed by atoms with E-state index in [1.54, 1.807) is 52.0 Å². The zero-order valence-corrected chi connectivity index (χ0v) is 23.8. The number of hydrogen-bond donors (Lipinski definition) is 0. The van der Waals surface area contributed by atoms with E-state index in [0.29, 0.717) is 29.8 Å². The Kier molecular flexibility index (Phi) is 8.34. The molecule has 1 aliphatic carbocycles. The third-order valence-electron chi connectivity index (χ3n) is 8.55. The van der Waals surface area contributed by atoms with E-state index in [9.17, 15) is 28.0 Å². The molecular weight excluding hydrogens is 521 g/mol. The minimum atomic E-state index is -2.85. The van der Waals surface area contributed by atoms with Crippen LogP contribution in [0.3, 0.4) is 0 Å². The normalized spacial score (nSPS) is 22.1. The predicted octanol–water partition coefficient (Wildman–Crippen LogP) is 5.60. The molecule has 1 saturated heterocycles. The van der Waals surface area contributed by atoms with Gasteiger partial charge in [-0.25, -0.2) is 13.2 Å². The molecule has 0 bridgehead atoms. The van der Waals surface area contributed by atoms with E-state index in [1.165, 1.54) is 10.7 Å². The fourth-order valence-electron chi connectivity index (χ4n) is 6.43. The summed E-state index contributed by atoms with van der Waals surface area (Å²) in [6, 6.07) is 6.90. The Morgan fingerprint density at radius 3 is 2.48 bits per heavy atom. The van der Waals surface area contributed by atoms with Crippen LogP contribution >= 0.6 is 0 Å². The van der Waals surface area contributed by atoms with Crippen LogP contribution in [0.2, 0.25) is 0 Å². The first-order valence-corrected chi connectivity index (χ1v) is 13.8. The van der Waals surface area contributed by atoms with Crippen LogP contribution in [0.15, 0.2) is 18.2 Å². The van der Waals surface area contributed by atoms with Crippen molar-refractivity contribution in [2.24, 2.45) is 18.9 Å². The number of carbonyl (C=O) groups excluding carboxylic acids is 2. The lowest BCUT2D eigenvalue weighted by Gasteiger charge is -2.43. The average Bonchev–Trinajstić information content (AvgIpc) is 3.53. The Morgan fingerprint density at radius 1 is 1.25 bits per heavy atom. The second kappa shape index (κ2) is 11.3. The van der Waals surface area contributed by atoms with E-state index in [2.05, 4.69) is 11.2 Å². The number of aryl methyl sites for hydroxylation is 2. The molecule has 4 rings (SSSR count). The molecule has 2 atom stereocenters. The van der Waals surface area contributed by atoms with E-state index < -0.39 is 40.8 Å². The van der Waals surface area contributed by atoms with Gasteiger partial charge in [0, 0.05) is 38.7 Å². The van der Waals surface area contributed by atoms with Crippen molar-refractivity contribution in [3.8, 4) is 6.07 Å². The van der Waals surface area contributed by atoms with Crippen molar-refractivity contribution in [1.29, 1.82) is 5.26 Å². The average molecular weight is 559 g/mol. The third-order valence-corrected chi connectivity index (χ3v) is 8.55. The predicted molar refractivity (Wildman–Crippen MR) is 143 cm³/mol. The highest BCUT2D eigenvalue weighted by Gasteiger charge is 2.52. The van der Waals surface area contributed by atoms with Crippen LogP contribution in [-0.2, 0) is 39.6 Å². The summed E-state index contributed by atoms with van der Waals surface area (Å²) in [5.74, 6) is -2.29. The van der Waals surface area contributed by atoms with Gasteiger partial charge in [-0.05, 0) is 63.5 Å². The Balaban J connectivity index is 1.58. The zero-order chi connectivity index (χ0) is 29.4. The van der Waals surface area contributed by atoms with Crippen molar-refractivity contribution in [2.75, 3.05) is 19.0 Å². The number of aromatic nitrogens is 2. The number of alkyl halides is 2. The lowest BCUT2D eigenvalue weighted by Crippen LogP contribution is -2.52. The van der Waals surface area contributed by atoms with Crippen molar-refractivity contribution >= 4 is 17.6 Å². The van der Waals surface area contributed by atoms with Gasteiger partial charge in [-0.1, -0.05) is 25.0 Å². The molecule has 2 heterocycles. The fraction of sp³-hybridized carbons (Fsp3) is 0.600. The number of cyclic esters (lactones) is 1.